The Balaban J connectivity index is 2.89. The van der Waals surface area contributed by atoms with Gasteiger partial charge in [-0.25, -0.2) is 0 Å². The molecule has 0 aliphatic rings. The van der Waals surface area contributed by atoms with Gasteiger partial charge in [0.15, 0.2) is 0 Å². The molecule has 0 saturated carbocycles. The molecule has 18 heavy (non-hydrogen) atoms. The first-order valence-corrected chi connectivity index (χ1v) is 16.0. The minimum absolute atomic E-state index is 0.424. The molecule has 0 spiro atoms. The van der Waals surface area contributed by atoms with Gasteiger partial charge in [0, 0.05) is 0 Å². The van der Waals surface area contributed by atoms with Crippen LogP contribution in [0.25, 0.3) is 0 Å². The molecule has 1 rings (SSSR count). The number of nitrogens with zero attached hydrogens (tertiary/aromatic N) is 1. The molecule has 100 valence electrons. The van der Waals surface area contributed by atoms with E-state index in [4.69, 9.17) is 4.74 Å². The molecule has 4 nitrogen and oxygen atoms in total. The third-order valence-corrected chi connectivity index (χ3v) is 8.12. The van der Waals surface area contributed by atoms with E-state index in [0.717, 1.165) is 5.69 Å². The molecule has 1 N–H and O–H groups in total. The molecule has 0 atom stereocenters. The fourth-order valence-corrected chi connectivity index (χ4v) is 5.87. The van der Waals surface area contributed by atoms with E-state index < -0.39 is 30.1 Å². The molecule has 0 unspecified atom stereocenters. The first-order valence-electron chi connectivity index (χ1n) is 6.04. The molecule has 1 aromatic heterocycles. The second kappa shape index (κ2) is 5.46. The minimum atomic E-state index is -2.26. The number of nitrogens with one attached hydrogen (secondary N) is 1. The van der Waals surface area contributed by atoms with Gasteiger partial charge in [-0.2, -0.15) is 0 Å². The van der Waals surface area contributed by atoms with Gasteiger partial charge in [0.1, 0.15) is 0 Å². The number of rotatable bonds is 2. The Morgan fingerprint density at radius 1 is 1.33 bits per heavy atom. The van der Waals surface area contributed by atoms with Crippen LogP contribution in [0.4, 0.5) is 10.5 Å². The van der Waals surface area contributed by atoms with E-state index in [1.54, 1.807) is 12.4 Å². The van der Waals surface area contributed by atoms with E-state index in [9.17, 15) is 4.79 Å². The van der Waals surface area contributed by atoms with Crippen molar-refractivity contribution < 1.29 is 9.53 Å². The first kappa shape index (κ1) is 15.3. The van der Waals surface area contributed by atoms with Crippen molar-refractivity contribution in [3.63, 3.8) is 0 Å². The van der Waals surface area contributed by atoms with Gasteiger partial charge in [0.25, 0.3) is 0 Å². The summed E-state index contributed by atoms with van der Waals surface area (Å²) in [6.07, 6.45) is 3.05. The normalized spacial score (nSPS) is 12.1. The molecule has 0 radical (unpaired) electrons. The number of aromatic nitrogens is 1. The summed E-state index contributed by atoms with van der Waals surface area (Å²) in [7, 11) is 0. The van der Waals surface area contributed by atoms with Crippen LogP contribution in [0.15, 0.2) is 18.5 Å². The number of carbonyl (C=O) groups excluding carboxylic acids is 1. The van der Waals surface area contributed by atoms with Crippen LogP contribution in [0.2, 0.25) is 14.8 Å². The van der Waals surface area contributed by atoms with Gasteiger partial charge in [0.2, 0.25) is 0 Å². The van der Waals surface area contributed by atoms with Crippen molar-refractivity contribution in [2.45, 2.75) is 41.2 Å². The average Bonchev–Trinajstić information content (AvgIpc) is 2.13. The zero-order valence-electron chi connectivity index (χ0n) is 12.0. The molecular weight excluding hydrogens is 335 g/mol. The molecule has 0 bridgehead atoms. The van der Waals surface area contributed by atoms with Gasteiger partial charge in [-0.05, 0) is 0 Å². The second-order valence-electron chi connectivity index (χ2n) is 6.30. The first-order chi connectivity index (χ1) is 8.09. The Bertz CT molecular complexity index is 433. The number of carbonyl (C=O) groups is 1. The molecular formula is C13H22N2O2Sn. The molecule has 1 heterocycles. The van der Waals surface area contributed by atoms with Crippen LogP contribution >= 0.6 is 0 Å². The molecule has 0 aliphatic carbocycles. The standard InChI is InChI=1S/C10H13N2O2.3CH3.Sn/c1-10(2,3)14-9(13)12-8-5-4-6-11-7-8;;;;/h4,6-7H,1-3H3,(H,12,13);3*1H3;. The zero-order chi connectivity index (χ0) is 14.0. The van der Waals surface area contributed by atoms with Gasteiger partial charge < -0.3 is 0 Å². The quantitative estimate of drug-likeness (QED) is 0.829. The summed E-state index contributed by atoms with van der Waals surface area (Å²) >= 11 is -2.26. The Kier molecular flexibility index (Phi) is 4.64. The second-order valence-corrected chi connectivity index (χ2v) is 20.7. The zero-order valence-corrected chi connectivity index (χ0v) is 14.8. The fraction of sp³-hybridized carbons (Fsp3) is 0.538. The predicted octanol–water partition coefficient (Wildman–Crippen LogP) is 2.97. The van der Waals surface area contributed by atoms with E-state index in [1.165, 1.54) is 3.58 Å². The number of pyridine rings is 1. The van der Waals surface area contributed by atoms with Crippen molar-refractivity contribution in [3.05, 3.63) is 18.5 Å². The predicted molar refractivity (Wildman–Crippen MR) is 77.1 cm³/mol. The van der Waals surface area contributed by atoms with Gasteiger partial charge in [-0.15, -0.1) is 0 Å². The summed E-state index contributed by atoms with van der Waals surface area (Å²) in [4.78, 5) is 22.7. The Hall–Kier alpha value is -0.781. The molecule has 0 fully saturated rings. The summed E-state index contributed by atoms with van der Waals surface area (Å²) in [5.74, 6) is 0. The topological polar surface area (TPSA) is 51.2 Å². The third kappa shape index (κ3) is 4.84. The van der Waals surface area contributed by atoms with Crippen LogP contribution in [-0.2, 0) is 4.74 Å². The molecule has 0 aliphatic heterocycles. The maximum absolute atomic E-state index is 11.8. The summed E-state index contributed by atoms with van der Waals surface area (Å²) < 4.78 is 6.50. The molecule has 0 aromatic carbocycles. The number of ether oxygens (including phenoxy) is 1. The number of hydrogen-bond acceptors (Lipinski definition) is 3. The molecule has 0 saturated heterocycles. The van der Waals surface area contributed by atoms with Crippen LogP contribution in [0.5, 0.6) is 0 Å². The summed E-state index contributed by atoms with van der Waals surface area (Å²) in [6.45, 7) is 5.54. The van der Waals surface area contributed by atoms with E-state index in [0.29, 0.717) is 0 Å². The van der Waals surface area contributed by atoms with Crippen LogP contribution < -0.4 is 8.90 Å². The summed E-state index contributed by atoms with van der Waals surface area (Å²) in [5.41, 5.74) is 0.298. The van der Waals surface area contributed by atoms with Crippen molar-refractivity contribution in [3.8, 4) is 0 Å². The van der Waals surface area contributed by atoms with Crippen LogP contribution in [0, 0.1) is 0 Å². The van der Waals surface area contributed by atoms with Crippen molar-refractivity contribution in [2.75, 3.05) is 5.32 Å². The van der Waals surface area contributed by atoms with Crippen LogP contribution in [-0.4, -0.2) is 35.1 Å². The number of hydrogen-bond donors (Lipinski definition) is 1. The maximum atomic E-state index is 11.8. The van der Waals surface area contributed by atoms with Crippen LogP contribution in [0.1, 0.15) is 20.8 Å². The van der Waals surface area contributed by atoms with Gasteiger partial charge in [-0.1, -0.05) is 0 Å². The van der Waals surface area contributed by atoms with Crippen molar-refractivity contribution in [1.82, 2.24) is 4.98 Å². The van der Waals surface area contributed by atoms with Crippen molar-refractivity contribution in [1.29, 1.82) is 0 Å². The van der Waals surface area contributed by atoms with Crippen LogP contribution in [0.3, 0.4) is 0 Å². The van der Waals surface area contributed by atoms with Crippen molar-refractivity contribution in [2.24, 2.45) is 0 Å². The Morgan fingerprint density at radius 3 is 2.44 bits per heavy atom. The van der Waals surface area contributed by atoms with E-state index >= 15 is 0 Å². The third-order valence-electron chi connectivity index (χ3n) is 2.26. The number of anilines is 1. The Labute approximate surface area is 113 Å². The summed E-state index contributed by atoms with van der Waals surface area (Å²) in [5, 5.41) is 2.80. The SMILES string of the molecule is CC(C)(C)OC(=O)Nc1cncc[c]1[Sn]([CH3])([CH3])[CH3]. The molecule has 1 amide bonds. The van der Waals surface area contributed by atoms with Gasteiger partial charge in [-0.3, -0.25) is 0 Å². The monoisotopic (exact) mass is 358 g/mol. The van der Waals surface area contributed by atoms with Crippen molar-refractivity contribution >= 4 is 33.7 Å². The average molecular weight is 357 g/mol. The Morgan fingerprint density at radius 2 is 1.94 bits per heavy atom. The fourth-order valence-electron chi connectivity index (χ4n) is 1.56. The molecule has 1 aromatic rings. The van der Waals surface area contributed by atoms with E-state index in [-0.39, 0.29) is 0 Å². The van der Waals surface area contributed by atoms with Gasteiger partial charge in [0.05, 0.1) is 0 Å². The molecule has 5 heteroatoms. The van der Waals surface area contributed by atoms with E-state index in [1.807, 2.05) is 26.8 Å². The summed E-state index contributed by atoms with van der Waals surface area (Å²) in [6, 6.07) is 2.00. The van der Waals surface area contributed by atoms with E-state index in [2.05, 4.69) is 25.1 Å². The number of amides is 1. The van der Waals surface area contributed by atoms with Gasteiger partial charge >= 0.3 is 113 Å².